The quantitative estimate of drug-likeness (QED) is 0.815. The highest BCUT2D eigenvalue weighted by Gasteiger charge is 2.36. The Balaban J connectivity index is 2.26. The Bertz CT molecular complexity index is 384. The molecule has 0 unspecified atom stereocenters. The molecule has 0 spiro atoms. The highest BCUT2D eigenvalue weighted by molar-refractivity contribution is 5.46. The zero-order valence-electron chi connectivity index (χ0n) is 9.09. The molecule has 0 radical (unpaired) electrons. The van der Waals surface area contributed by atoms with E-state index in [0.29, 0.717) is 25.9 Å². The number of nitrogens with zero attached hydrogens (tertiary/aromatic N) is 2. The summed E-state index contributed by atoms with van der Waals surface area (Å²) in [5, 5.41) is 0. The first-order valence-corrected chi connectivity index (χ1v) is 5.34. The first kappa shape index (κ1) is 12.0. The fourth-order valence-electron chi connectivity index (χ4n) is 1.87. The number of aromatic nitrogens is 1. The van der Waals surface area contributed by atoms with Crippen molar-refractivity contribution in [3.8, 4) is 0 Å². The number of anilines is 1. The molecule has 92 valence electrons. The zero-order chi connectivity index (χ0) is 12.5. The van der Waals surface area contributed by atoms with Crippen LogP contribution in [0.25, 0.3) is 0 Å². The summed E-state index contributed by atoms with van der Waals surface area (Å²) in [6, 6.07) is 4.42. The summed E-state index contributed by atoms with van der Waals surface area (Å²) in [7, 11) is 0. The second kappa shape index (κ2) is 4.41. The van der Waals surface area contributed by atoms with E-state index in [-0.39, 0.29) is 11.9 Å². The molecule has 1 fully saturated rings. The Kier molecular flexibility index (Phi) is 3.11. The third-order valence-electron chi connectivity index (χ3n) is 2.79. The summed E-state index contributed by atoms with van der Waals surface area (Å²) in [4.78, 5) is 5.38. The Morgan fingerprint density at radius 3 is 2.59 bits per heavy atom. The van der Waals surface area contributed by atoms with E-state index < -0.39 is 11.7 Å². The van der Waals surface area contributed by atoms with Crippen LogP contribution in [0, 0.1) is 12.1 Å². The lowest BCUT2D eigenvalue weighted by Gasteiger charge is -2.31. The Morgan fingerprint density at radius 1 is 1.35 bits per heavy atom. The first-order chi connectivity index (χ1) is 7.98. The van der Waals surface area contributed by atoms with Crippen LogP contribution in [-0.2, 0) is 6.18 Å². The molecule has 1 aromatic rings. The van der Waals surface area contributed by atoms with E-state index >= 15 is 0 Å². The number of alkyl halides is 3. The maximum atomic E-state index is 12.7. The van der Waals surface area contributed by atoms with Crippen LogP contribution in [0.4, 0.5) is 19.0 Å². The van der Waals surface area contributed by atoms with Crippen molar-refractivity contribution in [2.75, 3.05) is 18.0 Å². The van der Waals surface area contributed by atoms with Gasteiger partial charge in [-0.15, -0.1) is 0 Å². The molecule has 1 saturated heterocycles. The fourth-order valence-corrected chi connectivity index (χ4v) is 1.87. The van der Waals surface area contributed by atoms with Crippen LogP contribution in [0.2, 0.25) is 0 Å². The van der Waals surface area contributed by atoms with E-state index in [1.807, 2.05) is 0 Å². The SMILES string of the molecule is NC1CCN(c2ncc#cc2C(F)(F)F)CC1. The number of nitrogens with two attached hydrogens (primary N) is 1. The third-order valence-corrected chi connectivity index (χ3v) is 2.79. The van der Waals surface area contributed by atoms with Gasteiger partial charge in [0.25, 0.3) is 0 Å². The topological polar surface area (TPSA) is 42.1 Å². The summed E-state index contributed by atoms with van der Waals surface area (Å²) >= 11 is 0. The van der Waals surface area contributed by atoms with Crippen molar-refractivity contribution in [3.05, 3.63) is 23.9 Å². The molecule has 0 saturated carbocycles. The predicted molar refractivity (Wildman–Crippen MR) is 56.3 cm³/mol. The van der Waals surface area contributed by atoms with Crippen LogP contribution in [-0.4, -0.2) is 24.1 Å². The van der Waals surface area contributed by atoms with Crippen LogP contribution in [0.15, 0.2) is 6.20 Å². The lowest BCUT2D eigenvalue weighted by molar-refractivity contribution is -0.137. The van der Waals surface area contributed by atoms with Gasteiger partial charge in [-0.05, 0) is 18.9 Å². The van der Waals surface area contributed by atoms with Crippen molar-refractivity contribution in [3.63, 3.8) is 0 Å². The molecule has 0 aromatic carbocycles. The van der Waals surface area contributed by atoms with Crippen molar-refractivity contribution in [2.45, 2.75) is 25.1 Å². The van der Waals surface area contributed by atoms with Crippen LogP contribution < -0.4 is 10.6 Å². The van der Waals surface area contributed by atoms with Crippen molar-refractivity contribution < 1.29 is 13.2 Å². The maximum absolute atomic E-state index is 12.7. The largest absolute Gasteiger partial charge is 0.427 e. The summed E-state index contributed by atoms with van der Waals surface area (Å²) in [5.74, 6) is -0.0665. The minimum atomic E-state index is -4.44. The molecule has 0 aliphatic carbocycles. The maximum Gasteiger partial charge on any atom is 0.427 e. The Labute approximate surface area is 97.4 Å². The van der Waals surface area contributed by atoms with Gasteiger partial charge in [-0.1, -0.05) is 6.07 Å². The molecule has 0 bridgehead atoms. The molecule has 0 amide bonds. The number of hydrogen-bond donors (Lipinski definition) is 1. The third kappa shape index (κ3) is 2.61. The van der Waals surface area contributed by atoms with Gasteiger partial charge in [0.15, 0.2) is 0 Å². The summed E-state index contributed by atoms with van der Waals surface area (Å²) in [6.45, 7) is 0.990. The molecule has 0 atom stereocenters. The summed E-state index contributed by atoms with van der Waals surface area (Å²) in [6.07, 6.45) is -1.88. The predicted octanol–water partition coefficient (Wildman–Crippen LogP) is 1.63. The molecule has 3 nitrogen and oxygen atoms in total. The number of hydrogen-bond acceptors (Lipinski definition) is 3. The van der Waals surface area contributed by atoms with E-state index in [9.17, 15) is 13.2 Å². The number of piperidine rings is 1. The monoisotopic (exact) mass is 243 g/mol. The number of rotatable bonds is 1. The van der Waals surface area contributed by atoms with Gasteiger partial charge in [0.05, 0.1) is 6.20 Å². The molecule has 2 N–H and O–H groups in total. The van der Waals surface area contributed by atoms with Crippen LogP contribution >= 0.6 is 0 Å². The second-order valence-electron chi connectivity index (χ2n) is 4.05. The molecular weight excluding hydrogens is 231 g/mol. The normalized spacial score (nSPS) is 18.0. The zero-order valence-corrected chi connectivity index (χ0v) is 9.09. The standard InChI is InChI=1S/C11H12F3N3/c12-11(13,14)9-2-1-5-16-10(9)17-6-3-8(15)4-7-17/h5,8H,3-4,6-7,15H2. The minimum absolute atomic E-state index is 0.0665. The molecule has 6 heteroatoms. The van der Waals surface area contributed by atoms with E-state index in [1.54, 1.807) is 4.90 Å². The molecule has 2 heterocycles. The lowest BCUT2D eigenvalue weighted by Crippen LogP contribution is -2.40. The molecule has 1 aliphatic heterocycles. The van der Waals surface area contributed by atoms with Crippen molar-refractivity contribution in [1.82, 2.24) is 4.98 Å². The number of halogens is 3. The van der Waals surface area contributed by atoms with Gasteiger partial charge in [-0.3, -0.25) is 0 Å². The van der Waals surface area contributed by atoms with Gasteiger partial charge in [-0.2, -0.15) is 13.2 Å². The van der Waals surface area contributed by atoms with Gasteiger partial charge in [-0.25, -0.2) is 4.98 Å². The molecular formula is C11H12F3N3. The minimum Gasteiger partial charge on any atom is -0.355 e. The van der Waals surface area contributed by atoms with Crippen molar-refractivity contribution in [1.29, 1.82) is 0 Å². The van der Waals surface area contributed by atoms with Crippen LogP contribution in [0.5, 0.6) is 0 Å². The average Bonchev–Trinajstić information content (AvgIpc) is 2.29. The van der Waals surface area contributed by atoms with Crippen LogP contribution in [0.3, 0.4) is 0 Å². The van der Waals surface area contributed by atoms with Crippen LogP contribution in [0.1, 0.15) is 18.4 Å². The summed E-state index contributed by atoms with van der Waals surface area (Å²) < 4.78 is 38.2. The van der Waals surface area contributed by atoms with E-state index in [0.717, 1.165) is 0 Å². The van der Waals surface area contributed by atoms with Crippen molar-refractivity contribution >= 4 is 5.82 Å². The van der Waals surface area contributed by atoms with Gasteiger partial charge in [0.1, 0.15) is 11.4 Å². The van der Waals surface area contributed by atoms with Gasteiger partial charge in [0.2, 0.25) is 0 Å². The van der Waals surface area contributed by atoms with E-state index in [2.05, 4.69) is 17.1 Å². The first-order valence-electron chi connectivity index (χ1n) is 5.34. The van der Waals surface area contributed by atoms with E-state index in [4.69, 9.17) is 5.73 Å². The fraction of sp³-hybridized carbons (Fsp3) is 0.545. The molecule has 17 heavy (non-hydrogen) atoms. The lowest BCUT2D eigenvalue weighted by atomic mass is 10.1. The Morgan fingerprint density at radius 2 is 2.00 bits per heavy atom. The average molecular weight is 243 g/mol. The van der Waals surface area contributed by atoms with Gasteiger partial charge >= 0.3 is 6.18 Å². The molecule has 1 aromatic heterocycles. The molecule has 1 aliphatic rings. The smallest absolute Gasteiger partial charge is 0.355 e. The summed E-state index contributed by atoms with van der Waals surface area (Å²) in [5.41, 5.74) is 4.86. The van der Waals surface area contributed by atoms with Gasteiger partial charge in [0, 0.05) is 19.1 Å². The van der Waals surface area contributed by atoms with E-state index in [1.165, 1.54) is 6.20 Å². The second-order valence-corrected chi connectivity index (χ2v) is 4.05. The highest BCUT2D eigenvalue weighted by atomic mass is 19.4. The van der Waals surface area contributed by atoms with Crippen molar-refractivity contribution in [2.24, 2.45) is 5.73 Å². The Hall–Kier alpha value is -1.48. The molecule has 2 rings (SSSR count). The van der Waals surface area contributed by atoms with Gasteiger partial charge < -0.3 is 10.6 Å². The highest BCUT2D eigenvalue weighted by Crippen LogP contribution is 2.34.